The summed E-state index contributed by atoms with van der Waals surface area (Å²) in [5.74, 6) is -0.820. The standard InChI is InChI=1S/C33H42N4O6/c1-7-20-19(6)32(42)37-27(20)14-25-18(5)23(10-12-31(40)41)29(35-25)15-28-22(9-11-30(38)39)17(4)24(34-28)13-26-16(3)21(8-2)33(43)36-26/h13-15,19-20,27,34-35H,7-12H2,1-6H3,(H,36,43)(H,37,42)(H,38,39)(H,40,41)/q-2/b24-13+,25-14-,28-15-/t19-,20-,27?/m1/s1. The minimum absolute atomic E-state index is 0.0244. The summed E-state index contributed by atoms with van der Waals surface area (Å²) in [5, 5.41) is 26.9. The van der Waals surface area contributed by atoms with E-state index >= 15 is 0 Å². The Morgan fingerprint density at radius 2 is 1.65 bits per heavy atom. The lowest BCUT2D eigenvalue weighted by molar-refractivity contribution is -0.138. The highest BCUT2D eigenvalue weighted by atomic mass is 16.4. The van der Waals surface area contributed by atoms with E-state index in [0.717, 1.165) is 56.9 Å². The number of rotatable bonds is 11. The third-order valence-electron chi connectivity index (χ3n) is 9.03. The zero-order valence-corrected chi connectivity index (χ0v) is 25.7. The van der Waals surface area contributed by atoms with E-state index in [0.29, 0.717) is 30.3 Å². The predicted octanol–water partition coefficient (Wildman–Crippen LogP) is 2.59. The van der Waals surface area contributed by atoms with Crippen LogP contribution in [0.5, 0.6) is 0 Å². The fraction of sp³-hybridized carbons (Fsp3) is 0.455. The van der Waals surface area contributed by atoms with Crippen LogP contribution in [-0.2, 0) is 27.2 Å². The highest BCUT2D eigenvalue weighted by Gasteiger charge is 2.35. The quantitative estimate of drug-likeness (QED) is 0.219. The average molecular weight is 591 g/mol. The average Bonchev–Trinajstić information content (AvgIpc) is 3.59. The number of aromatic nitrogens is 2. The normalized spacial score (nSPS) is 22.2. The molecule has 1 unspecified atom stereocenters. The number of H-pyrrole nitrogens is 2. The van der Waals surface area contributed by atoms with Crippen LogP contribution in [0.25, 0.3) is 12.2 Å². The van der Waals surface area contributed by atoms with Crippen molar-refractivity contribution in [2.45, 2.75) is 86.1 Å². The van der Waals surface area contributed by atoms with Crippen molar-refractivity contribution in [3.05, 3.63) is 78.0 Å². The van der Waals surface area contributed by atoms with Gasteiger partial charge in [0.05, 0.1) is 0 Å². The molecule has 43 heavy (non-hydrogen) atoms. The molecule has 1 amide bonds. The van der Waals surface area contributed by atoms with Crippen molar-refractivity contribution in [2.24, 2.45) is 11.8 Å². The molecule has 0 saturated carbocycles. The zero-order valence-electron chi connectivity index (χ0n) is 25.7. The molecule has 3 atom stereocenters. The van der Waals surface area contributed by atoms with E-state index in [1.807, 2.05) is 52.8 Å². The van der Waals surface area contributed by atoms with Crippen LogP contribution in [0.1, 0.15) is 81.3 Å². The lowest BCUT2D eigenvalue weighted by Gasteiger charge is -2.24. The van der Waals surface area contributed by atoms with Crippen molar-refractivity contribution in [2.75, 3.05) is 0 Å². The van der Waals surface area contributed by atoms with Crippen LogP contribution < -0.4 is 26.9 Å². The van der Waals surface area contributed by atoms with Crippen LogP contribution in [0.4, 0.5) is 0 Å². The summed E-state index contributed by atoms with van der Waals surface area (Å²) < 4.78 is 0. The topological polar surface area (TPSA) is 164 Å². The molecule has 6 N–H and O–H groups in total. The maximum absolute atomic E-state index is 12.4. The smallest absolute Gasteiger partial charge is 0.303 e. The minimum atomic E-state index is -0.908. The number of nitrogens with one attached hydrogen (secondary N) is 4. The fourth-order valence-electron chi connectivity index (χ4n) is 6.37. The summed E-state index contributed by atoms with van der Waals surface area (Å²) in [6.45, 7) is 11.7. The first kappa shape index (κ1) is 31.6. The van der Waals surface area contributed by atoms with E-state index < -0.39 is 11.9 Å². The Morgan fingerprint density at radius 3 is 2.26 bits per heavy atom. The molecule has 4 rings (SSSR count). The van der Waals surface area contributed by atoms with Crippen LogP contribution in [0.3, 0.4) is 0 Å². The molecule has 232 valence electrons. The number of aliphatic carboxylic acids is 2. The third kappa shape index (κ3) is 6.53. The van der Waals surface area contributed by atoms with Gasteiger partial charge in [0.15, 0.2) is 5.56 Å². The molecule has 2 aliphatic heterocycles. The SMILES string of the molecule is CC[c-]1c(C)c(/C=c2/[nH]/c(=C\C3=C(CCC(=O)O)[C-](C)/C(=C/C4NC(=O)[C@H](C)[C@H]4CC)N3)c(CCC(=O)O)c2C)[nH]c1=O. The van der Waals surface area contributed by atoms with Crippen LogP contribution in [-0.4, -0.2) is 44.1 Å². The van der Waals surface area contributed by atoms with Gasteiger partial charge in [-0.25, -0.2) is 0 Å². The van der Waals surface area contributed by atoms with E-state index in [1.54, 1.807) is 0 Å². The van der Waals surface area contributed by atoms with Gasteiger partial charge in [-0.05, 0) is 36.8 Å². The Morgan fingerprint density at radius 1 is 0.977 bits per heavy atom. The van der Waals surface area contributed by atoms with Gasteiger partial charge in [0.25, 0.3) is 0 Å². The summed E-state index contributed by atoms with van der Waals surface area (Å²) in [7, 11) is 0. The molecule has 0 aliphatic carbocycles. The lowest BCUT2D eigenvalue weighted by atomic mass is 9.87. The number of carboxylic acid groups (broad SMARTS) is 2. The Kier molecular flexibility index (Phi) is 9.47. The first-order valence-corrected chi connectivity index (χ1v) is 15.0. The molecule has 10 nitrogen and oxygen atoms in total. The zero-order chi connectivity index (χ0) is 31.6. The van der Waals surface area contributed by atoms with Gasteiger partial charge in [0, 0.05) is 35.5 Å². The van der Waals surface area contributed by atoms with Crippen molar-refractivity contribution < 1.29 is 24.6 Å². The van der Waals surface area contributed by atoms with E-state index in [-0.39, 0.29) is 42.2 Å². The van der Waals surface area contributed by atoms with Crippen LogP contribution >= 0.6 is 0 Å². The van der Waals surface area contributed by atoms with Crippen LogP contribution in [0, 0.1) is 31.6 Å². The fourth-order valence-corrected chi connectivity index (χ4v) is 6.37. The largest absolute Gasteiger partial charge is 0.481 e. The molecule has 2 aliphatic rings. The first-order chi connectivity index (χ1) is 20.4. The first-order valence-electron chi connectivity index (χ1n) is 15.0. The Bertz CT molecular complexity index is 1670. The molecule has 1 saturated heterocycles. The van der Waals surface area contributed by atoms with Gasteiger partial charge in [-0.3, -0.25) is 19.2 Å². The van der Waals surface area contributed by atoms with Gasteiger partial charge >= 0.3 is 11.9 Å². The summed E-state index contributed by atoms with van der Waals surface area (Å²) >= 11 is 0. The second kappa shape index (κ2) is 12.9. The Balaban J connectivity index is 1.83. The van der Waals surface area contributed by atoms with Gasteiger partial charge in [-0.2, -0.15) is 5.56 Å². The molecule has 0 spiro atoms. The van der Waals surface area contributed by atoms with Crippen molar-refractivity contribution in [3.8, 4) is 0 Å². The molecular weight excluding hydrogens is 548 g/mol. The maximum atomic E-state index is 12.4. The number of carbonyl (C=O) groups is 3. The van der Waals surface area contributed by atoms with Gasteiger partial charge in [-0.15, -0.1) is 28.8 Å². The molecular formula is C33H42N4O6-2. The number of aromatic amines is 2. The number of carboxylic acids is 2. The number of hydrogen-bond acceptors (Lipinski definition) is 5. The van der Waals surface area contributed by atoms with Crippen LogP contribution in [0.15, 0.2) is 27.8 Å². The van der Waals surface area contributed by atoms with Gasteiger partial charge in [-0.1, -0.05) is 71.0 Å². The van der Waals surface area contributed by atoms with Crippen LogP contribution in [0.2, 0.25) is 0 Å². The van der Waals surface area contributed by atoms with E-state index in [4.69, 9.17) is 0 Å². The second-order valence-electron chi connectivity index (χ2n) is 11.6. The summed E-state index contributed by atoms with van der Waals surface area (Å²) in [6.07, 6.45) is 7.77. The Labute approximate surface area is 251 Å². The molecule has 4 heterocycles. The maximum Gasteiger partial charge on any atom is 0.303 e. The molecule has 2 aromatic heterocycles. The second-order valence-corrected chi connectivity index (χ2v) is 11.6. The minimum Gasteiger partial charge on any atom is -0.481 e. The molecule has 1 fully saturated rings. The molecule has 2 aromatic rings. The van der Waals surface area contributed by atoms with Gasteiger partial charge in [0.2, 0.25) is 5.91 Å². The van der Waals surface area contributed by atoms with E-state index in [1.165, 1.54) is 0 Å². The van der Waals surface area contributed by atoms with E-state index in [2.05, 4.69) is 27.5 Å². The third-order valence-corrected chi connectivity index (χ3v) is 9.03. The molecule has 0 bridgehead atoms. The molecule has 0 aromatic carbocycles. The number of hydrogen-bond donors (Lipinski definition) is 6. The van der Waals surface area contributed by atoms with Gasteiger partial charge < -0.3 is 30.8 Å². The van der Waals surface area contributed by atoms with Gasteiger partial charge in [0.1, 0.15) is 0 Å². The van der Waals surface area contributed by atoms with E-state index in [9.17, 15) is 29.4 Å². The Hall–Kier alpha value is -4.34. The molecule has 10 heteroatoms. The highest BCUT2D eigenvalue weighted by molar-refractivity contribution is 5.82. The van der Waals surface area contributed by atoms with Crippen molar-refractivity contribution >= 4 is 30.0 Å². The van der Waals surface area contributed by atoms with Crippen molar-refractivity contribution in [1.29, 1.82) is 0 Å². The number of allylic oxidation sites excluding steroid dienone is 2. The summed E-state index contributed by atoms with van der Waals surface area (Å²) in [6, 6.07) is -0.145. The molecule has 0 radical (unpaired) electrons. The lowest BCUT2D eigenvalue weighted by Crippen LogP contribution is -2.28. The van der Waals surface area contributed by atoms with Crippen molar-refractivity contribution in [3.63, 3.8) is 0 Å². The summed E-state index contributed by atoms with van der Waals surface area (Å²) in [5.41, 5.74) is 6.33. The summed E-state index contributed by atoms with van der Waals surface area (Å²) in [4.78, 5) is 54.2. The number of amides is 1. The monoisotopic (exact) mass is 590 g/mol. The highest BCUT2D eigenvalue weighted by Crippen LogP contribution is 2.36. The number of carbonyl (C=O) groups excluding carboxylic acids is 1. The van der Waals surface area contributed by atoms with Crippen molar-refractivity contribution in [1.82, 2.24) is 20.6 Å². The predicted molar refractivity (Wildman–Crippen MR) is 164 cm³/mol.